The zero-order chi connectivity index (χ0) is 16.0. The summed E-state index contributed by atoms with van der Waals surface area (Å²) in [7, 11) is 1.58. The number of alkyl halides is 3. The van der Waals surface area contributed by atoms with Crippen LogP contribution in [0.2, 0.25) is 0 Å². The number of ether oxygens (including phenoxy) is 1. The number of rotatable bonds is 7. The van der Waals surface area contributed by atoms with E-state index < -0.39 is 11.7 Å². The summed E-state index contributed by atoms with van der Waals surface area (Å²) in [6.07, 6.45) is -4.39. The van der Waals surface area contributed by atoms with E-state index in [1.54, 1.807) is 7.11 Å². The van der Waals surface area contributed by atoms with Crippen LogP contribution in [-0.2, 0) is 17.5 Å². The van der Waals surface area contributed by atoms with Crippen LogP contribution in [0.25, 0.3) is 0 Å². The fourth-order valence-corrected chi connectivity index (χ4v) is 2.21. The van der Waals surface area contributed by atoms with Gasteiger partial charge in [0.05, 0.1) is 12.2 Å². The number of nitrogens with two attached hydrogens (primary N) is 1. The van der Waals surface area contributed by atoms with Gasteiger partial charge in [0.1, 0.15) is 0 Å². The van der Waals surface area contributed by atoms with E-state index in [2.05, 4.69) is 0 Å². The third-order valence-electron chi connectivity index (χ3n) is 3.07. The van der Waals surface area contributed by atoms with Crippen molar-refractivity contribution in [3.05, 3.63) is 29.3 Å². The van der Waals surface area contributed by atoms with Crippen LogP contribution in [0.1, 0.15) is 25.0 Å². The molecule has 0 heterocycles. The number of anilines is 1. The van der Waals surface area contributed by atoms with E-state index in [-0.39, 0.29) is 17.8 Å². The Bertz CT molecular complexity index is 447. The first-order valence-electron chi connectivity index (χ1n) is 6.91. The molecule has 0 saturated heterocycles. The molecular formula is C15H23F3N2O. The van der Waals surface area contributed by atoms with Crippen molar-refractivity contribution in [2.45, 2.75) is 26.6 Å². The van der Waals surface area contributed by atoms with E-state index in [1.807, 2.05) is 18.7 Å². The fourth-order valence-electron chi connectivity index (χ4n) is 2.21. The largest absolute Gasteiger partial charge is 0.416 e. The first kappa shape index (κ1) is 17.8. The second-order valence-electron chi connectivity index (χ2n) is 5.54. The van der Waals surface area contributed by atoms with Crippen LogP contribution in [0, 0.1) is 5.92 Å². The standard InChI is InChI=1S/C15H23F3N2O/c1-11(2)9-20(6-7-21-3)10-12-4-5-13(19)8-14(12)15(16,17)18/h4-5,8,11H,6-7,9-10,19H2,1-3H3. The van der Waals surface area contributed by atoms with Gasteiger partial charge in [0.2, 0.25) is 0 Å². The van der Waals surface area contributed by atoms with Crippen LogP contribution in [0.3, 0.4) is 0 Å². The van der Waals surface area contributed by atoms with Gasteiger partial charge < -0.3 is 10.5 Å². The summed E-state index contributed by atoms with van der Waals surface area (Å²) < 4.78 is 44.3. The minimum atomic E-state index is -4.39. The van der Waals surface area contributed by atoms with E-state index in [4.69, 9.17) is 10.5 Å². The lowest BCUT2D eigenvalue weighted by atomic mass is 10.0. The van der Waals surface area contributed by atoms with Gasteiger partial charge in [-0.1, -0.05) is 19.9 Å². The van der Waals surface area contributed by atoms with Gasteiger partial charge in [0, 0.05) is 32.4 Å². The van der Waals surface area contributed by atoms with Gasteiger partial charge in [0.15, 0.2) is 0 Å². The first-order chi connectivity index (χ1) is 9.74. The Morgan fingerprint density at radius 3 is 2.48 bits per heavy atom. The highest BCUT2D eigenvalue weighted by Gasteiger charge is 2.33. The molecule has 1 rings (SSSR count). The van der Waals surface area contributed by atoms with Crippen molar-refractivity contribution in [2.75, 3.05) is 32.5 Å². The normalized spacial score (nSPS) is 12.4. The fraction of sp³-hybridized carbons (Fsp3) is 0.600. The minimum absolute atomic E-state index is 0.123. The van der Waals surface area contributed by atoms with E-state index in [0.29, 0.717) is 25.6 Å². The molecule has 0 aliphatic rings. The molecule has 3 nitrogen and oxygen atoms in total. The Morgan fingerprint density at radius 2 is 1.95 bits per heavy atom. The summed E-state index contributed by atoms with van der Waals surface area (Å²) in [6, 6.07) is 3.96. The first-order valence-corrected chi connectivity index (χ1v) is 6.91. The molecule has 1 aromatic rings. The molecule has 0 amide bonds. The van der Waals surface area contributed by atoms with Gasteiger partial charge in [0.25, 0.3) is 0 Å². The number of halogens is 3. The SMILES string of the molecule is COCCN(Cc1ccc(N)cc1C(F)(F)F)CC(C)C. The lowest BCUT2D eigenvalue weighted by Crippen LogP contribution is -2.31. The van der Waals surface area contributed by atoms with Crippen molar-refractivity contribution in [1.82, 2.24) is 4.90 Å². The number of hydrogen-bond acceptors (Lipinski definition) is 3. The summed E-state index contributed by atoms with van der Waals surface area (Å²) in [5.41, 5.74) is 5.19. The molecular weight excluding hydrogens is 281 g/mol. The maximum atomic E-state index is 13.1. The topological polar surface area (TPSA) is 38.5 Å². The number of methoxy groups -OCH3 is 1. The van der Waals surface area contributed by atoms with Gasteiger partial charge in [-0.3, -0.25) is 4.90 Å². The number of benzene rings is 1. The Labute approximate surface area is 123 Å². The molecule has 2 N–H and O–H groups in total. The summed E-state index contributed by atoms with van der Waals surface area (Å²) in [5, 5.41) is 0. The van der Waals surface area contributed by atoms with Crippen LogP contribution in [0.4, 0.5) is 18.9 Å². The third-order valence-corrected chi connectivity index (χ3v) is 3.07. The van der Waals surface area contributed by atoms with E-state index in [0.717, 1.165) is 6.07 Å². The van der Waals surface area contributed by atoms with Crippen molar-refractivity contribution in [3.8, 4) is 0 Å². The molecule has 0 radical (unpaired) electrons. The van der Waals surface area contributed by atoms with Crippen molar-refractivity contribution >= 4 is 5.69 Å². The maximum absolute atomic E-state index is 13.1. The molecule has 0 atom stereocenters. The van der Waals surface area contributed by atoms with E-state index in [1.165, 1.54) is 12.1 Å². The molecule has 0 aliphatic carbocycles. The van der Waals surface area contributed by atoms with Gasteiger partial charge in [-0.25, -0.2) is 0 Å². The number of nitrogens with zero attached hydrogens (tertiary/aromatic N) is 1. The quantitative estimate of drug-likeness (QED) is 0.785. The molecule has 0 fully saturated rings. The van der Waals surface area contributed by atoms with Crippen molar-refractivity contribution < 1.29 is 17.9 Å². The zero-order valence-corrected chi connectivity index (χ0v) is 12.7. The molecule has 0 spiro atoms. The molecule has 0 aliphatic heterocycles. The average molecular weight is 304 g/mol. The number of nitrogen functional groups attached to an aromatic ring is 1. The van der Waals surface area contributed by atoms with Gasteiger partial charge in [-0.2, -0.15) is 13.2 Å². The highest BCUT2D eigenvalue weighted by molar-refractivity contribution is 5.46. The third kappa shape index (κ3) is 5.93. The minimum Gasteiger partial charge on any atom is -0.399 e. The highest BCUT2D eigenvalue weighted by Crippen LogP contribution is 2.33. The van der Waals surface area contributed by atoms with E-state index in [9.17, 15) is 13.2 Å². The van der Waals surface area contributed by atoms with Crippen LogP contribution in [-0.4, -0.2) is 31.7 Å². The maximum Gasteiger partial charge on any atom is 0.416 e. The second-order valence-corrected chi connectivity index (χ2v) is 5.54. The van der Waals surface area contributed by atoms with Crippen molar-refractivity contribution in [3.63, 3.8) is 0 Å². The van der Waals surface area contributed by atoms with Crippen LogP contribution in [0.15, 0.2) is 18.2 Å². The molecule has 21 heavy (non-hydrogen) atoms. The zero-order valence-electron chi connectivity index (χ0n) is 12.7. The Kier molecular flexibility index (Phi) is 6.48. The van der Waals surface area contributed by atoms with Gasteiger partial charge in [-0.05, 0) is 23.6 Å². The summed E-state index contributed by atoms with van der Waals surface area (Å²) in [5.74, 6) is 0.366. The predicted octanol–water partition coefficient (Wildman–Crippen LogP) is 3.39. The van der Waals surface area contributed by atoms with Gasteiger partial charge in [-0.15, -0.1) is 0 Å². The smallest absolute Gasteiger partial charge is 0.399 e. The van der Waals surface area contributed by atoms with Crippen molar-refractivity contribution in [1.29, 1.82) is 0 Å². The second kappa shape index (κ2) is 7.66. The summed E-state index contributed by atoms with van der Waals surface area (Å²) in [4.78, 5) is 1.97. The van der Waals surface area contributed by atoms with Gasteiger partial charge >= 0.3 is 6.18 Å². The lowest BCUT2D eigenvalue weighted by Gasteiger charge is -2.25. The monoisotopic (exact) mass is 304 g/mol. The Balaban J connectivity index is 2.96. The molecule has 6 heteroatoms. The molecule has 0 unspecified atom stereocenters. The molecule has 0 bridgehead atoms. The van der Waals surface area contributed by atoms with Crippen molar-refractivity contribution in [2.24, 2.45) is 5.92 Å². The Hall–Kier alpha value is -1.27. The molecule has 1 aromatic carbocycles. The summed E-state index contributed by atoms with van der Waals surface area (Å²) >= 11 is 0. The lowest BCUT2D eigenvalue weighted by molar-refractivity contribution is -0.138. The molecule has 0 saturated carbocycles. The average Bonchev–Trinajstić information content (AvgIpc) is 2.36. The summed E-state index contributed by atoms with van der Waals surface area (Å²) in [6.45, 7) is 6.10. The molecule has 120 valence electrons. The Morgan fingerprint density at radius 1 is 1.29 bits per heavy atom. The van der Waals surface area contributed by atoms with Crippen LogP contribution >= 0.6 is 0 Å². The predicted molar refractivity (Wildman–Crippen MR) is 77.8 cm³/mol. The highest BCUT2D eigenvalue weighted by atomic mass is 19.4. The number of hydrogen-bond donors (Lipinski definition) is 1. The van der Waals surface area contributed by atoms with Crippen LogP contribution < -0.4 is 5.73 Å². The van der Waals surface area contributed by atoms with E-state index >= 15 is 0 Å². The van der Waals surface area contributed by atoms with Crippen LogP contribution in [0.5, 0.6) is 0 Å². The molecule has 0 aromatic heterocycles.